The predicted octanol–water partition coefficient (Wildman–Crippen LogP) is 3.70. The van der Waals surface area contributed by atoms with Crippen molar-refractivity contribution in [2.75, 3.05) is 19.8 Å². The molecule has 1 aliphatic heterocycles. The molecule has 1 saturated carbocycles. The number of nitrogens with one attached hydrogen (secondary N) is 1. The van der Waals surface area contributed by atoms with Crippen LogP contribution >= 0.6 is 0 Å². The van der Waals surface area contributed by atoms with E-state index in [-0.39, 0.29) is 11.3 Å². The minimum atomic E-state index is -0.0575. The van der Waals surface area contributed by atoms with Crippen LogP contribution in [-0.2, 0) is 5.41 Å². The summed E-state index contributed by atoms with van der Waals surface area (Å²) in [5.41, 5.74) is 2.02. The van der Waals surface area contributed by atoms with Gasteiger partial charge in [0.25, 0.3) is 5.91 Å². The van der Waals surface area contributed by atoms with Crippen molar-refractivity contribution < 1.29 is 14.3 Å². The van der Waals surface area contributed by atoms with Gasteiger partial charge in [0.1, 0.15) is 0 Å². The first-order chi connectivity index (χ1) is 12.3. The fourth-order valence-corrected chi connectivity index (χ4v) is 3.62. The van der Waals surface area contributed by atoms with Crippen LogP contribution in [0.1, 0.15) is 41.6 Å². The molecular weight excluding hydrogens is 314 g/mol. The van der Waals surface area contributed by atoms with Gasteiger partial charge in [-0.3, -0.25) is 4.79 Å². The highest BCUT2D eigenvalue weighted by Gasteiger charge is 2.38. The fourth-order valence-electron chi connectivity index (χ4n) is 3.62. The van der Waals surface area contributed by atoms with Crippen LogP contribution in [-0.4, -0.2) is 25.7 Å². The topological polar surface area (TPSA) is 47.6 Å². The Morgan fingerprint density at radius 1 is 0.960 bits per heavy atom. The van der Waals surface area contributed by atoms with Gasteiger partial charge in [0.05, 0.1) is 13.2 Å². The van der Waals surface area contributed by atoms with E-state index in [0.717, 1.165) is 19.3 Å². The number of benzene rings is 2. The maximum atomic E-state index is 12.6. The first-order valence-corrected chi connectivity index (χ1v) is 9.00. The number of amides is 1. The predicted molar refractivity (Wildman–Crippen MR) is 96.4 cm³/mol. The van der Waals surface area contributed by atoms with Crippen LogP contribution in [0.5, 0.6) is 11.5 Å². The van der Waals surface area contributed by atoms with Crippen molar-refractivity contribution in [3.63, 3.8) is 0 Å². The van der Waals surface area contributed by atoms with Gasteiger partial charge < -0.3 is 14.8 Å². The average molecular weight is 337 g/mol. The Hall–Kier alpha value is -2.49. The van der Waals surface area contributed by atoms with Crippen molar-refractivity contribution in [2.45, 2.75) is 31.1 Å². The summed E-state index contributed by atoms with van der Waals surface area (Å²) in [4.78, 5) is 12.6. The van der Waals surface area contributed by atoms with Crippen LogP contribution in [0, 0.1) is 0 Å². The third kappa shape index (κ3) is 3.21. The van der Waals surface area contributed by atoms with Crippen LogP contribution in [0.2, 0.25) is 0 Å². The highest BCUT2D eigenvalue weighted by atomic mass is 16.5. The smallest absolute Gasteiger partial charge is 0.251 e. The van der Waals surface area contributed by atoms with Crippen molar-refractivity contribution in [3.8, 4) is 11.5 Å². The molecule has 0 aromatic heterocycles. The van der Waals surface area contributed by atoms with Gasteiger partial charge in [-0.05, 0) is 36.6 Å². The molecule has 0 atom stereocenters. The van der Waals surface area contributed by atoms with E-state index < -0.39 is 0 Å². The van der Waals surface area contributed by atoms with Gasteiger partial charge in [0.15, 0.2) is 11.5 Å². The van der Waals surface area contributed by atoms with Crippen molar-refractivity contribution in [3.05, 3.63) is 59.7 Å². The van der Waals surface area contributed by atoms with E-state index in [9.17, 15) is 4.79 Å². The summed E-state index contributed by atoms with van der Waals surface area (Å²) >= 11 is 0. The molecule has 4 rings (SSSR count). The minimum Gasteiger partial charge on any atom is -0.490 e. The number of hydrogen-bond donors (Lipinski definition) is 1. The molecular formula is C21H23NO3. The Kier molecular flexibility index (Phi) is 4.35. The SMILES string of the molecule is O=C(NCC1(c2ccccc2)CCC1)c1ccc2c(c1)OCCCO2. The van der Waals surface area contributed by atoms with Gasteiger partial charge in [-0.1, -0.05) is 36.8 Å². The Morgan fingerprint density at radius 3 is 2.44 bits per heavy atom. The van der Waals surface area contributed by atoms with Gasteiger partial charge in [0.2, 0.25) is 0 Å². The molecule has 4 heteroatoms. The van der Waals surface area contributed by atoms with E-state index in [2.05, 4.69) is 29.6 Å². The summed E-state index contributed by atoms with van der Waals surface area (Å²) in [5, 5.41) is 3.13. The third-order valence-corrected chi connectivity index (χ3v) is 5.29. The normalized spacial score (nSPS) is 17.9. The molecule has 1 amide bonds. The van der Waals surface area contributed by atoms with E-state index in [0.29, 0.717) is 36.8 Å². The summed E-state index contributed by atoms with van der Waals surface area (Å²) in [6.07, 6.45) is 4.32. The Balaban J connectivity index is 1.46. The molecule has 4 nitrogen and oxygen atoms in total. The van der Waals surface area contributed by atoms with Crippen molar-refractivity contribution in [1.29, 1.82) is 0 Å². The number of carbonyl (C=O) groups is 1. The maximum absolute atomic E-state index is 12.6. The number of fused-ring (bicyclic) bond motifs is 1. The first-order valence-electron chi connectivity index (χ1n) is 9.00. The lowest BCUT2D eigenvalue weighted by molar-refractivity contribution is 0.0927. The minimum absolute atomic E-state index is 0.0575. The number of hydrogen-bond acceptors (Lipinski definition) is 3. The summed E-state index contributed by atoms with van der Waals surface area (Å²) in [5.74, 6) is 1.32. The van der Waals surface area contributed by atoms with Crippen molar-refractivity contribution >= 4 is 5.91 Å². The molecule has 1 aliphatic carbocycles. The Morgan fingerprint density at radius 2 is 1.72 bits per heavy atom. The summed E-state index contributed by atoms with van der Waals surface area (Å²) < 4.78 is 11.3. The molecule has 130 valence electrons. The van der Waals surface area contributed by atoms with Crippen LogP contribution in [0.25, 0.3) is 0 Å². The molecule has 2 aromatic carbocycles. The molecule has 2 aromatic rings. The summed E-state index contributed by atoms with van der Waals surface area (Å²) in [6.45, 7) is 1.94. The Bertz CT molecular complexity index is 753. The van der Waals surface area contributed by atoms with Crippen LogP contribution < -0.4 is 14.8 Å². The monoisotopic (exact) mass is 337 g/mol. The third-order valence-electron chi connectivity index (χ3n) is 5.29. The standard InChI is InChI=1S/C21H23NO3/c23-20(16-8-9-18-19(14-16)25-13-5-12-24-18)22-15-21(10-4-11-21)17-6-2-1-3-7-17/h1-3,6-9,14H,4-5,10-13,15H2,(H,22,23). The van der Waals surface area contributed by atoms with E-state index in [1.165, 1.54) is 12.0 Å². The lowest BCUT2D eigenvalue weighted by atomic mass is 9.64. The molecule has 0 unspecified atom stereocenters. The van der Waals surface area contributed by atoms with E-state index in [1.807, 2.05) is 12.1 Å². The van der Waals surface area contributed by atoms with Gasteiger partial charge in [-0.2, -0.15) is 0 Å². The second-order valence-electron chi connectivity index (χ2n) is 6.89. The van der Waals surface area contributed by atoms with Crippen LogP contribution in [0.4, 0.5) is 0 Å². The van der Waals surface area contributed by atoms with Gasteiger partial charge in [0, 0.05) is 23.9 Å². The highest BCUT2D eigenvalue weighted by Crippen LogP contribution is 2.43. The molecule has 1 heterocycles. The number of rotatable bonds is 4. The lowest BCUT2D eigenvalue weighted by Crippen LogP contribution is -2.45. The van der Waals surface area contributed by atoms with E-state index in [1.54, 1.807) is 12.1 Å². The molecule has 1 fully saturated rings. The largest absolute Gasteiger partial charge is 0.490 e. The number of ether oxygens (including phenoxy) is 2. The average Bonchev–Trinajstić information content (AvgIpc) is 2.86. The lowest BCUT2D eigenvalue weighted by Gasteiger charge is -2.42. The van der Waals surface area contributed by atoms with Gasteiger partial charge >= 0.3 is 0 Å². The number of carbonyl (C=O) groups excluding carboxylic acids is 1. The molecule has 1 N–H and O–H groups in total. The second kappa shape index (κ2) is 6.79. The van der Waals surface area contributed by atoms with E-state index >= 15 is 0 Å². The zero-order chi connectivity index (χ0) is 17.1. The van der Waals surface area contributed by atoms with Gasteiger partial charge in [-0.15, -0.1) is 0 Å². The van der Waals surface area contributed by atoms with Crippen molar-refractivity contribution in [1.82, 2.24) is 5.32 Å². The van der Waals surface area contributed by atoms with Gasteiger partial charge in [-0.25, -0.2) is 0 Å². The fraction of sp³-hybridized carbons (Fsp3) is 0.381. The second-order valence-corrected chi connectivity index (χ2v) is 6.89. The molecule has 0 radical (unpaired) electrons. The quantitative estimate of drug-likeness (QED) is 0.925. The molecule has 0 bridgehead atoms. The summed E-state index contributed by atoms with van der Waals surface area (Å²) in [6, 6.07) is 15.9. The molecule has 0 saturated heterocycles. The highest BCUT2D eigenvalue weighted by molar-refractivity contribution is 5.95. The molecule has 0 spiro atoms. The summed E-state index contributed by atoms with van der Waals surface area (Å²) in [7, 11) is 0. The van der Waals surface area contributed by atoms with Crippen LogP contribution in [0.3, 0.4) is 0 Å². The maximum Gasteiger partial charge on any atom is 0.251 e. The van der Waals surface area contributed by atoms with Crippen molar-refractivity contribution in [2.24, 2.45) is 0 Å². The Labute approximate surface area is 148 Å². The zero-order valence-electron chi connectivity index (χ0n) is 14.3. The van der Waals surface area contributed by atoms with Crippen LogP contribution in [0.15, 0.2) is 48.5 Å². The zero-order valence-corrected chi connectivity index (χ0v) is 14.3. The first kappa shape index (κ1) is 16.0. The molecule has 25 heavy (non-hydrogen) atoms. The molecule has 2 aliphatic rings. The van der Waals surface area contributed by atoms with E-state index in [4.69, 9.17) is 9.47 Å².